The number of nitrogens with zero attached hydrogens (tertiary/aromatic N) is 3. The molecule has 8 heteroatoms. The minimum Gasteiger partial charge on any atom is -0.518 e. The Bertz CT molecular complexity index is 1960. The van der Waals surface area contributed by atoms with E-state index >= 15 is 0 Å². The van der Waals surface area contributed by atoms with Gasteiger partial charge >= 0.3 is 27.2 Å². The maximum absolute atomic E-state index is 13.4. The van der Waals surface area contributed by atoms with Gasteiger partial charge in [0, 0.05) is 11.7 Å². The zero-order valence-corrected chi connectivity index (χ0v) is 24.5. The van der Waals surface area contributed by atoms with Crippen molar-refractivity contribution in [3.8, 4) is 28.1 Å². The Morgan fingerprint density at radius 3 is 2.38 bits per heavy atom. The van der Waals surface area contributed by atoms with Crippen molar-refractivity contribution in [1.29, 1.82) is 0 Å². The molecular formula is C34H22F3N3OPt. The molecule has 0 N–H and O–H groups in total. The van der Waals surface area contributed by atoms with Gasteiger partial charge < -0.3 is 14.3 Å². The van der Waals surface area contributed by atoms with Gasteiger partial charge in [0.05, 0.1) is 0 Å². The van der Waals surface area contributed by atoms with Gasteiger partial charge in [0.1, 0.15) is 12.5 Å². The molecule has 42 heavy (non-hydrogen) atoms. The number of ether oxygens (including phenoxy) is 1. The number of hydrogen-bond donors (Lipinski definition) is 0. The largest absolute Gasteiger partial charge is 2.00 e. The van der Waals surface area contributed by atoms with Gasteiger partial charge in [0.25, 0.3) is 0 Å². The first-order chi connectivity index (χ1) is 19.8. The molecule has 6 aromatic rings. The molecule has 210 valence electrons. The van der Waals surface area contributed by atoms with E-state index in [0.717, 1.165) is 49.8 Å². The van der Waals surface area contributed by atoms with Gasteiger partial charge in [-0.3, -0.25) is 4.99 Å². The van der Waals surface area contributed by atoms with Crippen molar-refractivity contribution in [2.45, 2.75) is 19.1 Å². The van der Waals surface area contributed by atoms with E-state index in [-0.39, 0.29) is 27.0 Å². The number of aliphatic imine (C=N–C) groups is 1. The Morgan fingerprint density at radius 1 is 0.833 bits per heavy atom. The van der Waals surface area contributed by atoms with Crippen LogP contribution in [0.4, 0.5) is 13.2 Å². The molecule has 0 amide bonds. The second-order valence-corrected chi connectivity index (χ2v) is 10.0. The third kappa shape index (κ3) is 5.03. The summed E-state index contributed by atoms with van der Waals surface area (Å²) in [6.45, 7) is 1.47. The summed E-state index contributed by atoms with van der Waals surface area (Å²) in [4.78, 5) is 8.43. The third-order valence-electron chi connectivity index (χ3n) is 7.24. The van der Waals surface area contributed by atoms with Crippen LogP contribution in [0.25, 0.3) is 49.9 Å². The minimum atomic E-state index is -4.48. The third-order valence-corrected chi connectivity index (χ3v) is 7.24. The SMILES string of the molecule is Cc1ccnc(-c2[c-]c3c(cc2)c2ccccc2n3-c2[c-]c(C3=N[C@H](C(F)(F)F)CO3)cc(-c3ccccc3)c2)c1.[Pt+2]. The van der Waals surface area contributed by atoms with E-state index in [9.17, 15) is 13.2 Å². The predicted molar refractivity (Wildman–Crippen MR) is 154 cm³/mol. The zero-order valence-electron chi connectivity index (χ0n) is 22.2. The van der Waals surface area contributed by atoms with E-state index < -0.39 is 18.8 Å². The molecule has 2 aromatic heterocycles. The Hall–Kier alpha value is -4.22. The van der Waals surface area contributed by atoms with Crippen molar-refractivity contribution in [2.24, 2.45) is 4.99 Å². The molecule has 1 aliphatic heterocycles. The Balaban J connectivity index is 0.00000316. The number of aryl methyl sites for hydroxylation is 1. The summed E-state index contributed by atoms with van der Waals surface area (Å²) in [6, 6.07) is 34.5. The van der Waals surface area contributed by atoms with Gasteiger partial charge in [-0.25, -0.2) is 0 Å². The smallest absolute Gasteiger partial charge is 0.518 e. The van der Waals surface area contributed by atoms with E-state index in [0.29, 0.717) is 11.3 Å². The van der Waals surface area contributed by atoms with Crippen molar-refractivity contribution in [2.75, 3.05) is 6.61 Å². The number of hydrogen-bond acceptors (Lipinski definition) is 3. The van der Waals surface area contributed by atoms with Crippen LogP contribution in [0.2, 0.25) is 0 Å². The van der Waals surface area contributed by atoms with Crippen LogP contribution in [-0.2, 0) is 25.8 Å². The summed E-state index contributed by atoms with van der Waals surface area (Å²) in [5.41, 5.74) is 7.16. The number of aromatic nitrogens is 2. The molecule has 1 atom stereocenters. The van der Waals surface area contributed by atoms with Crippen LogP contribution in [-0.4, -0.2) is 34.3 Å². The van der Waals surface area contributed by atoms with Gasteiger partial charge in [0.2, 0.25) is 0 Å². The van der Waals surface area contributed by atoms with Gasteiger partial charge in [-0.2, -0.15) is 13.2 Å². The van der Waals surface area contributed by atoms with E-state index in [2.05, 4.69) is 28.2 Å². The first-order valence-electron chi connectivity index (χ1n) is 13.1. The Labute approximate surface area is 254 Å². The van der Waals surface area contributed by atoms with E-state index in [1.54, 1.807) is 12.3 Å². The fraction of sp³-hybridized carbons (Fsp3) is 0.118. The number of para-hydroxylation sites is 1. The number of rotatable bonds is 4. The molecule has 0 bridgehead atoms. The van der Waals surface area contributed by atoms with Crippen LogP contribution in [0, 0.1) is 19.1 Å². The van der Waals surface area contributed by atoms with E-state index in [1.165, 1.54) is 0 Å². The van der Waals surface area contributed by atoms with E-state index in [1.807, 2.05) is 90.4 Å². The summed E-state index contributed by atoms with van der Waals surface area (Å²) in [7, 11) is 0. The molecule has 0 aliphatic carbocycles. The molecular weight excluding hydrogens is 718 g/mol. The Morgan fingerprint density at radius 2 is 1.62 bits per heavy atom. The second-order valence-electron chi connectivity index (χ2n) is 10.0. The molecule has 0 fully saturated rings. The number of pyridine rings is 1. The van der Waals surface area contributed by atoms with Crippen molar-refractivity contribution in [1.82, 2.24) is 9.55 Å². The van der Waals surface area contributed by atoms with E-state index in [4.69, 9.17) is 4.74 Å². The monoisotopic (exact) mass is 740 g/mol. The summed E-state index contributed by atoms with van der Waals surface area (Å²) in [6.07, 6.45) is -2.71. The van der Waals surface area contributed by atoms with Gasteiger partial charge in [-0.1, -0.05) is 76.7 Å². The topological polar surface area (TPSA) is 39.4 Å². The fourth-order valence-electron chi connectivity index (χ4n) is 5.25. The van der Waals surface area contributed by atoms with Crippen molar-refractivity contribution in [3.63, 3.8) is 0 Å². The minimum absolute atomic E-state index is 0. The summed E-state index contributed by atoms with van der Waals surface area (Å²) in [5.74, 6) is -0.0687. The molecule has 0 spiro atoms. The van der Waals surface area contributed by atoms with Gasteiger partial charge in [-0.15, -0.1) is 42.0 Å². The number of alkyl halides is 3. The van der Waals surface area contributed by atoms with Gasteiger partial charge in [-0.05, 0) is 46.9 Å². The molecule has 4 nitrogen and oxygen atoms in total. The van der Waals surface area contributed by atoms with Crippen LogP contribution >= 0.6 is 0 Å². The average Bonchev–Trinajstić information content (AvgIpc) is 3.61. The summed E-state index contributed by atoms with van der Waals surface area (Å²) in [5, 5.41) is 2.01. The fourth-order valence-corrected chi connectivity index (χ4v) is 5.25. The molecule has 4 aromatic carbocycles. The molecule has 0 saturated carbocycles. The summed E-state index contributed by atoms with van der Waals surface area (Å²) < 4.78 is 47.8. The number of fused-ring (bicyclic) bond motifs is 3. The average molecular weight is 741 g/mol. The van der Waals surface area contributed by atoms with Crippen molar-refractivity contribution >= 4 is 27.7 Å². The normalized spacial score (nSPS) is 15.0. The standard InChI is InChI=1S/C34H22F3N3O.Pt/c1-21-13-14-38-29(15-21)23-11-12-28-27-9-5-6-10-30(27)40(31(28)19-23)26-17-24(22-7-3-2-4-8-22)16-25(18-26)33-39-32(20-41-33)34(35,36)37;/h2-17,32H,20H2,1H3;/q-2;+2/t32-;/m0./s1. The van der Waals surface area contributed by atoms with Crippen molar-refractivity contribution < 1.29 is 39.0 Å². The molecule has 7 rings (SSSR count). The zero-order chi connectivity index (χ0) is 28.1. The van der Waals surface area contributed by atoms with Crippen LogP contribution in [0.3, 0.4) is 0 Å². The number of benzene rings is 4. The molecule has 1 aliphatic rings. The number of halogens is 3. The first kappa shape index (κ1) is 27.9. The quantitative estimate of drug-likeness (QED) is 0.172. The predicted octanol–water partition coefficient (Wildman–Crippen LogP) is 8.13. The first-order valence-corrected chi connectivity index (χ1v) is 13.1. The van der Waals surface area contributed by atoms with Crippen molar-refractivity contribution in [3.05, 3.63) is 120 Å². The maximum atomic E-state index is 13.4. The van der Waals surface area contributed by atoms with Crippen LogP contribution in [0.15, 0.2) is 102 Å². The molecule has 0 radical (unpaired) electrons. The van der Waals surface area contributed by atoms with Gasteiger partial charge in [0.15, 0.2) is 6.04 Å². The Kier molecular flexibility index (Phi) is 7.23. The van der Waals surface area contributed by atoms with Crippen LogP contribution in [0.1, 0.15) is 11.1 Å². The second kappa shape index (κ2) is 10.9. The molecule has 0 saturated heterocycles. The maximum Gasteiger partial charge on any atom is 2.00 e. The molecule has 0 unspecified atom stereocenters. The van der Waals surface area contributed by atoms with Crippen LogP contribution in [0.5, 0.6) is 0 Å². The summed E-state index contributed by atoms with van der Waals surface area (Å²) >= 11 is 0. The van der Waals surface area contributed by atoms with Crippen LogP contribution < -0.4 is 0 Å². The molecule has 3 heterocycles.